The highest BCUT2D eigenvalue weighted by molar-refractivity contribution is 5.82. The van der Waals surface area contributed by atoms with Gasteiger partial charge in [0.2, 0.25) is 0 Å². The first-order valence-corrected chi connectivity index (χ1v) is 10.4. The number of hydrogen-bond donors (Lipinski definition) is 1. The van der Waals surface area contributed by atoms with E-state index in [0.29, 0.717) is 6.54 Å². The first kappa shape index (κ1) is 19.2. The summed E-state index contributed by atoms with van der Waals surface area (Å²) in [4.78, 5) is 15.2. The quantitative estimate of drug-likeness (QED) is 0.834. The molecule has 1 atom stereocenters. The molecule has 1 amide bonds. The molecule has 1 aromatic carbocycles. The van der Waals surface area contributed by atoms with Gasteiger partial charge in [-0.15, -0.1) is 0 Å². The topological polar surface area (TPSA) is 59.4 Å². The maximum atomic E-state index is 12.6. The van der Waals surface area contributed by atoms with Crippen molar-refractivity contribution in [1.82, 2.24) is 20.0 Å². The molecular weight excluding hydrogens is 352 g/mol. The molecule has 2 aliphatic rings. The molecule has 1 aromatic heterocycles. The lowest BCUT2D eigenvalue weighted by Crippen LogP contribution is -2.42. The molecule has 0 radical (unpaired) electrons. The molecule has 28 heavy (non-hydrogen) atoms. The van der Waals surface area contributed by atoms with Gasteiger partial charge in [0.05, 0.1) is 24.5 Å². The molecule has 2 aromatic rings. The van der Waals surface area contributed by atoms with Crippen LogP contribution in [0.5, 0.6) is 0 Å². The van der Waals surface area contributed by atoms with E-state index in [9.17, 15) is 4.79 Å². The Labute approximate surface area is 166 Å². The number of methoxy groups -OCH3 is 1. The van der Waals surface area contributed by atoms with Gasteiger partial charge in [-0.25, -0.2) is 0 Å². The molecule has 1 N–H and O–H groups in total. The van der Waals surface area contributed by atoms with Crippen LogP contribution in [0.2, 0.25) is 0 Å². The van der Waals surface area contributed by atoms with Crippen molar-refractivity contribution in [1.29, 1.82) is 0 Å². The van der Waals surface area contributed by atoms with Gasteiger partial charge in [0.25, 0.3) is 5.91 Å². The second-order valence-electron chi connectivity index (χ2n) is 7.86. The van der Waals surface area contributed by atoms with Crippen LogP contribution in [0.25, 0.3) is 0 Å². The minimum absolute atomic E-state index is 0.136. The van der Waals surface area contributed by atoms with E-state index < -0.39 is 6.10 Å². The highest BCUT2D eigenvalue weighted by Gasteiger charge is 2.26. The number of amides is 1. The van der Waals surface area contributed by atoms with Gasteiger partial charge in [-0.3, -0.25) is 14.4 Å². The van der Waals surface area contributed by atoms with Crippen molar-refractivity contribution >= 4 is 5.91 Å². The number of fused-ring (bicyclic) bond motifs is 1. The Balaban J connectivity index is 1.35. The first-order valence-electron chi connectivity index (χ1n) is 10.4. The number of nitrogens with zero attached hydrogens (tertiary/aromatic N) is 3. The van der Waals surface area contributed by atoms with Crippen LogP contribution < -0.4 is 5.32 Å². The third-order valence-corrected chi connectivity index (χ3v) is 5.99. The van der Waals surface area contributed by atoms with E-state index >= 15 is 0 Å². The van der Waals surface area contributed by atoms with Crippen molar-refractivity contribution in [3.8, 4) is 0 Å². The fourth-order valence-electron chi connectivity index (χ4n) is 4.48. The van der Waals surface area contributed by atoms with E-state index in [0.717, 1.165) is 36.9 Å². The molecular formula is C22H30N4O2. The summed E-state index contributed by atoms with van der Waals surface area (Å²) in [5.74, 6) is -0.136. The van der Waals surface area contributed by atoms with Crippen LogP contribution >= 0.6 is 0 Å². The van der Waals surface area contributed by atoms with Gasteiger partial charge >= 0.3 is 0 Å². The normalized spacial score (nSPS) is 19.2. The van der Waals surface area contributed by atoms with Gasteiger partial charge in [0.1, 0.15) is 0 Å². The SMILES string of the molecule is CO[C@@H](C(=O)NCc1cc2n(n1)CCN(C1CCCCC1)C2)c1ccccc1. The minimum Gasteiger partial charge on any atom is -0.367 e. The van der Waals surface area contributed by atoms with E-state index in [4.69, 9.17) is 9.84 Å². The van der Waals surface area contributed by atoms with Gasteiger partial charge in [-0.05, 0) is 24.5 Å². The molecule has 0 unspecified atom stereocenters. The first-order chi connectivity index (χ1) is 13.7. The Bertz CT molecular complexity index is 783. The standard InChI is InChI=1S/C22H30N4O2/c1-28-21(17-8-4-2-5-9-17)22(27)23-15-18-14-20-16-25(12-13-26(20)24-18)19-10-6-3-7-11-19/h2,4-5,8-9,14,19,21H,3,6-7,10-13,15-16H2,1H3,(H,23,27)/t21-/m1/s1. The van der Waals surface area contributed by atoms with E-state index in [2.05, 4.69) is 21.0 Å². The number of benzene rings is 1. The van der Waals surface area contributed by atoms with Crippen molar-refractivity contribution < 1.29 is 9.53 Å². The number of carbonyl (C=O) groups is 1. The number of nitrogens with one attached hydrogen (secondary N) is 1. The monoisotopic (exact) mass is 382 g/mol. The lowest BCUT2D eigenvalue weighted by Gasteiger charge is -2.36. The molecule has 1 aliphatic carbocycles. The Hall–Kier alpha value is -2.18. The third-order valence-electron chi connectivity index (χ3n) is 5.99. The summed E-state index contributed by atoms with van der Waals surface area (Å²) in [5.41, 5.74) is 3.03. The highest BCUT2D eigenvalue weighted by atomic mass is 16.5. The number of rotatable bonds is 6. The molecule has 2 heterocycles. The van der Waals surface area contributed by atoms with E-state index in [1.807, 2.05) is 30.3 Å². The second kappa shape index (κ2) is 8.88. The summed E-state index contributed by atoms with van der Waals surface area (Å²) < 4.78 is 7.51. The largest absolute Gasteiger partial charge is 0.367 e. The molecule has 1 saturated carbocycles. The van der Waals surface area contributed by atoms with Crippen LogP contribution in [-0.4, -0.2) is 40.3 Å². The van der Waals surface area contributed by atoms with Crippen molar-refractivity contribution in [2.45, 2.75) is 63.9 Å². The Morgan fingerprint density at radius 1 is 1.21 bits per heavy atom. The summed E-state index contributed by atoms with van der Waals surface area (Å²) in [6.45, 7) is 3.40. The van der Waals surface area contributed by atoms with Gasteiger partial charge < -0.3 is 10.1 Å². The van der Waals surface area contributed by atoms with Crippen LogP contribution in [0.4, 0.5) is 0 Å². The summed E-state index contributed by atoms with van der Waals surface area (Å²) in [6.07, 6.45) is 6.17. The molecule has 6 nitrogen and oxygen atoms in total. The molecule has 4 rings (SSSR count). The Kier molecular flexibility index (Phi) is 6.07. The second-order valence-corrected chi connectivity index (χ2v) is 7.86. The van der Waals surface area contributed by atoms with Gasteiger partial charge in [0, 0.05) is 26.2 Å². The summed E-state index contributed by atoms with van der Waals surface area (Å²) in [7, 11) is 1.56. The predicted octanol–water partition coefficient (Wildman–Crippen LogP) is 3.04. The average Bonchev–Trinajstić information content (AvgIpc) is 3.16. The molecule has 150 valence electrons. The summed E-state index contributed by atoms with van der Waals surface area (Å²) >= 11 is 0. The molecule has 1 fully saturated rings. The number of carbonyl (C=O) groups excluding carboxylic acids is 1. The maximum Gasteiger partial charge on any atom is 0.254 e. The van der Waals surface area contributed by atoms with Crippen LogP contribution in [0, 0.1) is 0 Å². The van der Waals surface area contributed by atoms with E-state index in [1.165, 1.54) is 37.8 Å². The Morgan fingerprint density at radius 2 is 2.00 bits per heavy atom. The zero-order valence-corrected chi connectivity index (χ0v) is 16.6. The maximum absolute atomic E-state index is 12.6. The van der Waals surface area contributed by atoms with Gasteiger partial charge in [-0.2, -0.15) is 5.10 Å². The zero-order valence-electron chi connectivity index (χ0n) is 16.6. The molecule has 6 heteroatoms. The van der Waals surface area contributed by atoms with Gasteiger partial charge in [0.15, 0.2) is 6.10 Å². The summed E-state index contributed by atoms with van der Waals surface area (Å²) in [6, 6.07) is 12.4. The van der Waals surface area contributed by atoms with Crippen molar-refractivity contribution in [3.63, 3.8) is 0 Å². The molecule has 0 bridgehead atoms. The van der Waals surface area contributed by atoms with Gasteiger partial charge in [-0.1, -0.05) is 49.6 Å². The van der Waals surface area contributed by atoms with Crippen LogP contribution in [0.3, 0.4) is 0 Å². The van der Waals surface area contributed by atoms with Crippen molar-refractivity contribution in [2.24, 2.45) is 0 Å². The van der Waals surface area contributed by atoms with Crippen LogP contribution in [0.15, 0.2) is 36.4 Å². The smallest absolute Gasteiger partial charge is 0.254 e. The molecule has 0 saturated heterocycles. The lowest BCUT2D eigenvalue weighted by atomic mass is 9.94. The van der Waals surface area contributed by atoms with E-state index in [-0.39, 0.29) is 5.91 Å². The zero-order chi connectivity index (χ0) is 19.3. The van der Waals surface area contributed by atoms with Crippen molar-refractivity contribution in [3.05, 3.63) is 53.3 Å². The number of hydrogen-bond acceptors (Lipinski definition) is 4. The van der Waals surface area contributed by atoms with E-state index in [1.54, 1.807) is 7.11 Å². The highest BCUT2D eigenvalue weighted by Crippen LogP contribution is 2.26. The Morgan fingerprint density at radius 3 is 2.75 bits per heavy atom. The van der Waals surface area contributed by atoms with Crippen molar-refractivity contribution in [2.75, 3.05) is 13.7 Å². The van der Waals surface area contributed by atoms with Crippen LogP contribution in [-0.2, 0) is 29.2 Å². The lowest BCUT2D eigenvalue weighted by molar-refractivity contribution is -0.131. The fraction of sp³-hybridized carbons (Fsp3) is 0.545. The minimum atomic E-state index is -0.597. The number of aromatic nitrogens is 2. The number of ether oxygens (including phenoxy) is 1. The third kappa shape index (κ3) is 4.28. The summed E-state index contributed by atoms with van der Waals surface area (Å²) in [5, 5.41) is 7.67. The predicted molar refractivity (Wildman–Crippen MR) is 108 cm³/mol. The van der Waals surface area contributed by atoms with Crippen LogP contribution in [0.1, 0.15) is 55.2 Å². The molecule has 1 aliphatic heterocycles. The average molecular weight is 383 g/mol. The fourth-order valence-corrected chi connectivity index (χ4v) is 4.48. The molecule has 0 spiro atoms.